The Labute approximate surface area is 263 Å². The van der Waals surface area contributed by atoms with Gasteiger partial charge in [-0.3, -0.25) is 9.59 Å². The zero-order valence-corrected chi connectivity index (χ0v) is 29.1. The molecule has 0 fully saturated rings. The summed E-state index contributed by atoms with van der Waals surface area (Å²) in [5.41, 5.74) is 3.90. The molecule has 3 unspecified atom stereocenters. The summed E-state index contributed by atoms with van der Waals surface area (Å²) in [6.45, 7) is 18.9. The first-order valence-corrected chi connectivity index (χ1v) is 17.2. The van der Waals surface area contributed by atoms with Crippen molar-refractivity contribution in [2.45, 2.75) is 151 Å². The van der Waals surface area contributed by atoms with E-state index in [0.717, 1.165) is 78.0 Å². The van der Waals surface area contributed by atoms with E-state index in [1.165, 1.54) is 51.4 Å². The van der Waals surface area contributed by atoms with Crippen LogP contribution in [0.25, 0.3) is 0 Å². The molecule has 246 valence electrons. The van der Waals surface area contributed by atoms with Crippen LogP contribution >= 0.6 is 0 Å². The highest BCUT2D eigenvalue weighted by Gasteiger charge is 2.35. The monoisotopic (exact) mass is 601 g/mol. The van der Waals surface area contributed by atoms with Crippen LogP contribution in [0.15, 0.2) is 0 Å². The highest BCUT2D eigenvalue weighted by atomic mass is 16.5. The van der Waals surface area contributed by atoms with Crippen molar-refractivity contribution in [1.29, 1.82) is 0 Å². The largest absolute Gasteiger partial charge is 0.487 e. The molecule has 6 nitrogen and oxygen atoms in total. The minimum absolute atomic E-state index is 0.00416. The molecule has 0 bridgehead atoms. The van der Waals surface area contributed by atoms with E-state index in [0.29, 0.717) is 12.4 Å². The van der Waals surface area contributed by atoms with E-state index < -0.39 is 5.97 Å². The molecule has 1 aliphatic rings. The number of ether oxygens (including phenoxy) is 3. The summed E-state index contributed by atoms with van der Waals surface area (Å²) in [6, 6.07) is 0. The van der Waals surface area contributed by atoms with E-state index >= 15 is 0 Å². The third-order valence-corrected chi connectivity index (χ3v) is 9.42. The van der Waals surface area contributed by atoms with E-state index in [2.05, 4.69) is 46.9 Å². The predicted octanol–water partition coefficient (Wildman–Crippen LogP) is 8.97. The van der Waals surface area contributed by atoms with Crippen molar-refractivity contribution >= 4 is 11.9 Å². The lowest BCUT2D eigenvalue weighted by Crippen LogP contribution is -2.37. The van der Waals surface area contributed by atoms with Crippen LogP contribution in [0.2, 0.25) is 0 Å². The number of hydrogen-bond acceptors (Lipinski definition) is 6. The molecule has 1 heterocycles. The second kappa shape index (κ2) is 18.7. The molecule has 1 aromatic rings. The summed E-state index contributed by atoms with van der Waals surface area (Å²) >= 11 is 0. The van der Waals surface area contributed by atoms with Crippen molar-refractivity contribution in [3.8, 4) is 11.5 Å². The molecule has 6 heteroatoms. The number of benzene rings is 1. The zero-order valence-electron chi connectivity index (χ0n) is 29.1. The van der Waals surface area contributed by atoms with Crippen LogP contribution in [0.5, 0.6) is 11.5 Å². The average molecular weight is 602 g/mol. The van der Waals surface area contributed by atoms with Gasteiger partial charge in [0, 0.05) is 5.56 Å². The Bertz CT molecular complexity index is 1020. The van der Waals surface area contributed by atoms with E-state index in [1.807, 2.05) is 20.9 Å². The summed E-state index contributed by atoms with van der Waals surface area (Å²) in [7, 11) is 1.86. The summed E-state index contributed by atoms with van der Waals surface area (Å²) in [6.07, 6.45) is 14.3. The molecule has 0 radical (unpaired) electrons. The van der Waals surface area contributed by atoms with Gasteiger partial charge in [-0.1, -0.05) is 72.6 Å². The van der Waals surface area contributed by atoms with Gasteiger partial charge in [-0.2, -0.15) is 0 Å². The lowest BCUT2D eigenvalue weighted by molar-refractivity contribution is -0.147. The molecule has 2 rings (SSSR count). The maximum atomic E-state index is 12.6. The van der Waals surface area contributed by atoms with Crippen LogP contribution < -0.4 is 14.8 Å². The Hall–Kier alpha value is -2.08. The molecule has 0 aromatic heterocycles. The fourth-order valence-electron chi connectivity index (χ4n) is 6.29. The number of hydrogen-bond donors (Lipinski definition) is 1. The maximum absolute atomic E-state index is 12.6. The topological polar surface area (TPSA) is 73.9 Å². The third-order valence-electron chi connectivity index (χ3n) is 9.42. The Morgan fingerprint density at radius 3 is 2.07 bits per heavy atom. The van der Waals surface area contributed by atoms with Gasteiger partial charge >= 0.3 is 11.9 Å². The molecular formula is C37H63NO5. The molecule has 0 spiro atoms. The Kier molecular flexibility index (Phi) is 16.1. The van der Waals surface area contributed by atoms with Gasteiger partial charge in [-0.05, 0) is 108 Å². The SMILES string of the molecule is CNCCCOC(=O)CCC(=O)Oc1c(C)c(C)c2c(c1C)CCC(C)(CCCC(C)CCCC(C)CCCC(C)C)O2. The van der Waals surface area contributed by atoms with Gasteiger partial charge < -0.3 is 19.5 Å². The van der Waals surface area contributed by atoms with Gasteiger partial charge in [-0.15, -0.1) is 0 Å². The second-order valence-corrected chi connectivity index (χ2v) is 14.1. The minimum atomic E-state index is -0.408. The van der Waals surface area contributed by atoms with Gasteiger partial charge in [0.25, 0.3) is 0 Å². The van der Waals surface area contributed by atoms with Crippen LogP contribution in [-0.4, -0.2) is 37.7 Å². The van der Waals surface area contributed by atoms with E-state index in [9.17, 15) is 9.59 Å². The Morgan fingerprint density at radius 1 is 0.837 bits per heavy atom. The quantitative estimate of drug-likeness (QED) is 0.0913. The normalized spacial score (nSPS) is 17.7. The van der Waals surface area contributed by atoms with Gasteiger partial charge in [0.15, 0.2) is 0 Å². The molecule has 0 saturated carbocycles. The van der Waals surface area contributed by atoms with E-state index in [1.54, 1.807) is 0 Å². The van der Waals surface area contributed by atoms with Crippen molar-refractivity contribution in [3.63, 3.8) is 0 Å². The number of carbonyl (C=O) groups excluding carboxylic acids is 2. The highest BCUT2D eigenvalue weighted by molar-refractivity contribution is 5.80. The lowest BCUT2D eigenvalue weighted by atomic mass is 9.83. The van der Waals surface area contributed by atoms with Crippen molar-refractivity contribution < 1.29 is 23.8 Å². The van der Waals surface area contributed by atoms with Gasteiger partial charge in [-0.25, -0.2) is 0 Å². The van der Waals surface area contributed by atoms with Crippen LogP contribution in [0.3, 0.4) is 0 Å². The minimum Gasteiger partial charge on any atom is -0.487 e. The Morgan fingerprint density at radius 2 is 1.44 bits per heavy atom. The summed E-state index contributed by atoms with van der Waals surface area (Å²) in [5, 5.41) is 3.01. The summed E-state index contributed by atoms with van der Waals surface area (Å²) in [4.78, 5) is 24.6. The molecular weight excluding hydrogens is 538 g/mol. The Balaban J connectivity index is 1.84. The first kappa shape index (κ1) is 37.1. The van der Waals surface area contributed by atoms with Crippen LogP contribution in [-0.2, 0) is 20.7 Å². The van der Waals surface area contributed by atoms with Crippen molar-refractivity contribution in [2.24, 2.45) is 17.8 Å². The van der Waals surface area contributed by atoms with Gasteiger partial charge in [0.05, 0.1) is 19.4 Å². The number of fused-ring (bicyclic) bond motifs is 1. The third kappa shape index (κ3) is 12.8. The summed E-state index contributed by atoms with van der Waals surface area (Å²) in [5.74, 6) is 3.23. The maximum Gasteiger partial charge on any atom is 0.311 e. The molecule has 43 heavy (non-hydrogen) atoms. The van der Waals surface area contributed by atoms with Crippen molar-refractivity contribution in [3.05, 3.63) is 22.3 Å². The number of nitrogens with one attached hydrogen (secondary N) is 1. The van der Waals surface area contributed by atoms with Crippen molar-refractivity contribution in [1.82, 2.24) is 5.32 Å². The van der Waals surface area contributed by atoms with E-state index in [-0.39, 0.29) is 24.4 Å². The molecule has 0 saturated heterocycles. The number of esters is 2. The molecule has 1 aromatic carbocycles. The summed E-state index contributed by atoms with van der Waals surface area (Å²) < 4.78 is 17.8. The smallest absolute Gasteiger partial charge is 0.311 e. The standard InChI is InChI=1S/C37H63NO5/c1-26(2)14-10-15-27(3)16-11-17-28(4)18-12-22-37(8)23-21-32-31(7)35(29(5)30(6)36(32)43-37)42-34(40)20-19-33(39)41-25-13-24-38-9/h26-28,38H,10-25H2,1-9H3. The van der Waals surface area contributed by atoms with Gasteiger partial charge in [0.2, 0.25) is 0 Å². The molecule has 3 atom stereocenters. The zero-order chi connectivity index (χ0) is 32.0. The first-order valence-electron chi connectivity index (χ1n) is 17.2. The molecule has 1 N–H and O–H groups in total. The van der Waals surface area contributed by atoms with Crippen molar-refractivity contribution in [2.75, 3.05) is 20.2 Å². The second-order valence-electron chi connectivity index (χ2n) is 14.1. The number of rotatable bonds is 20. The number of carbonyl (C=O) groups is 2. The first-order chi connectivity index (χ1) is 20.4. The van der Waals surface area contributed by atoms with Gasteiger partial charge in [0.1, 0.15) is 17.1 Å². The van der Waals surface area contributed by atoms with Crippen LogP contribution in [0, 0.1) is 38.5 Å². The van der Waals surface area contributed by atoms with Crippen LogP contribution in [0.1, 0.15) is 140 Å². The average Bonchev–Trinajstić information content (AvgIpc) is 2.95. The molecule has 0 aliphatic carbocycles. The fourth-order valence-corrected chi connectivity index (χ4v) is 6.29. The van der Waals surface area contributed by atoms with E-state index in [4.69, 9.17) is 14.2 Å². The fraction of sp³-hybridized carbons (Fsp3) is 0.784. The predicted molar refractivity (Wildman–Crippen MR) is 177 cm³/mol. The molecule has 1 aliphatic heterocycles. The highest BCUT2D eigenvalue weighted by Crippen LogP contribution is 2.45. The van der Waals surface area contributed by atoms with Crippen LogP contribution in [0.4, 0.5) is 0 Å². The lowest BCUT2D eigenvalue weighted by Gasteiger charge is -2.38. The molecule has 0 amide bonds.